The van der Waals surface area contributed by atoms with Crippen LogP contribution in [-0.4, -0.2) is 54.5 Å². The van der Waals surface area contributed by atoms with E-state index in [0.29, 0.717) is 24.6 Å². The van der Waals surface area contributed by atoms with Crippen molar-refractivity contribution in [2.24, 2.45) is 5.92 Å². The van der Waals surface area contributed by atoms with Crippen LogP contribution in [0, 0.1) is 11.7 Å². The molecule has 3 rings (SSSR count). The molecule has 0 saturated carbocycles. The lowest BCUT2D eigenvalue weighted by atomic mass is 9.95. The Morgan fingerprint density at radius 3 is 2.88 bits per heavy atom. The molecule has 3 atom stereocenters. The first-order valence-corrected chi connectivity index (χ1v) is 8.39. The third-order valence-corrected chi connectivity index (χ3v) is 4.89. The molecule has 2 fully saturated rings. The molecule has 6 heteroatoms. The molecule has 1 aromatic carbocycles. The first-order valence-electron chi connectivity index (χ1n) is 8.39. The van der Waals surface area contributed by atoms with Gasteiger partial charge in [0.15, 0.2) is 6.10 Å². The second-order valence-electron chi connectivity index (χ2n) is 6.77. The number of carbonyl (C=O) groups excluding carboxylic acids is 2. The van der Waals surface area contributed by atoms with Crippen LogP contribution in [0.1, 0.15) is 31.4 Å². The third kappa shape index (κ3) is 3.29. The van der Waals surface area contributed by atoms with Crippen molar-refractivity contribution in [3.05, 3.63) is 35.6 Å². The molecule has 2 aliphatic heterocycles. The summed E-state index contributed by atoms with van der Waals surface area (Å²) in [5, 5.41) is 0. The number of likely N-dealkylation sites (tertiary alicyclic amines) is 1. The molecule has 130 valence electrons. The highest BCUT2D eigenvalue weighted by Crippen LogP contribution is 2.31. The number of hydrogen-bond donors (Lipinski definition) is 0. The lowest BCUT2D eigenvalue weighted by Gasteiger charge is -2.41. The van der Waals surface area contributed by atoms with E-state index in [0.717, 1.165) is 12.8 Å². The summed E-state index contributed by atoms with van der Waals surface area (Å²) in [5.41, 5.74) is 0.578. The van der Waals surface area contributed by atoms with Crippen molar-refractivity contribution in [2.75, 3.05) is 26.7 Å². The molecule has 0 spiro atoms. The Labute approximate surface area is 141 Å². The molecular formula is C18H23FN2O3. The maximum Gasteiger partial charge on any atom is 0.254 e. The highest BCUT2D eigenvalue weighted by atomic mass is 19.1. The van der Waals surface area contributed by atoms with Crippen molar-refractivity contribution in [3.63, 3.8) is 0 Å². The number of likely N-dealkylation sites (N-methyl/N-ethyl adjacent to an activating group) is 1. The predicted molar refractivity (Wildman–Crippen MR) is 86.6 cm³/mol. The maximum absolute atomic E-state index is 13.6. The summed E-state index contributed by atoms with van der Waals surface area (Å²) in [6, 6.07) is 5.42. The number of ether oxygens (including phenoxy) is 1. The van der Waals surface area contributed by atoms with Crippen LogP contribution >= 0.6 is 0 Å². The van der Waals surface area contributed by atoms with Crippen molar-refractivity contribution in [1.29, 1.82) is 0 Å². The Bertz CT molecular complexity index is 636. The topological polar surface area (TPSA) is 49.9 Å². The minimum Gasteiger partial charge on any atom is -0.356 e. The van der Waals surface area contributed by atoms with Gasteiger partial charge < -0.3 is 14.5 Å². The second kappa shape index (κ2) is 6.89. The van der Waals surface area contributed by atoms with E-state index in [9.17, 15) is 14.0 Å². The zero-order valence-electron chi connectivity index (χ0n) is 14.1. The van der Waals surface area contributed by atoms with Crippen LogP contribution in [0.15, 0.2) is 24.3 Å². The number of amides is 2. The van der Waals surface area contributed by atoms with Gasteiger partial charge in [0.1, 0.15) is 12.4 Å². The Hall–Kier alpha value is -1.95. The Balaban J connectivity index is 1.88. The summed E-state index contributed by atoms with van der Waals surface area (Å²) in [6.07, 6.45) is 1.29. The maximum atomic E-state index is 13.6. The highest BCUT2D eigenvalue weighted by molar-refractivity contribution is 5.86. The van der Waals surface area contributed by atoms with E-state index in [1.165, 1.54) is 17.0 Å². The fourth-order valence-electron chi connectivity index (χ4n) is 3.58. The van der Waals surface area contributed by atoms with E-state index in [-0.39, 0.29) is 18.4 Å². The van der Waals surface area contributed by atoms with Gasteiger partial charge in [-0.2, -0.15) is 0 Å². The summed E-state index contributed by atoms with van der Waals surface area (Å²) in [7, 11) is 1.64. The number of rotatable bonds is 2. The first kappa shape index (κ1) is 16.9. The first-order chi connectivity index (χ1) is 11.5. The van der Waals surface area contributed by atoms with Gasteiger partial charge in [-0.3, -0.25) is 9.59 Å². The summed E-state index contributed by atoms with van der Waals surface area (Å²) >= 11 is 0. The number of carbonyl (C=O) groups is 2. The predicted octanol–water partition coefficient (Wildman–Crippen LogP) is 1.98. The summed E-state index contributed by atoms with van der Waals surface area (Å²) in [6.45, 7) is 3.41. The van der Waals surface area contributed by atoms with Gasteiger partial charge in [-0.15, -0.1) is 0 Å². The zero-order chi connectivity index (χ0) is 17.3. The van der Waals surface area contributed by atoms with Gasteiger partial charge in [0, 0.05) is 20.1 Å². The number of nitrogens with zero attached hydrogens (tertiary/aromatic N) is 2. The minimum absolute atomic E-state index is 0.116. The largest absolute Gasteiger partial charge is 0.356 e. The van der Waals surface area contributed by atoms with E-state index in [4.69, 9.17) is 4.74 Å². The van der Waals surface area contributed by atoms with Crippen LogP contribution in [0.5, 0.6) is 0 Å². The molecule has 0 radical (unpaired) electrons. The zero-order valence-corrected chi connectivity index (χ0v) is 14.1. The van der Waals surface area contributed by atoms with Gasteiger partial charge in [0.05, 0.1) is 6.04 Å². The molecule has 0 N–H and O–H groups in total. The van der Waals surface area contributed by atoms with Crippen molar-refractivity contribution in [3.8, 4) is 0 Å². The number of hydrogen-bond acceptors (Lipinski definition) is 3. The number of halogens is 1. The standard InChI is InChI=1S/C18H23FN2O3/c1-12-5-4-8-21(10-12)18(23)17-16(20(2)15(22)11-24-17)13-6-3-7-14(19)9-13/h3,6-7,9,12,16-17H,4-5,8,10-11H2,1-2H3/t12-,16+,17+/m1/s1. The van der Waals surface area contributed by atoms with Crippen molar-refractivity contribution < 1.29 is 18.7 Å². The van der Waals surface area contributed by atoms with Gasteiger partial charge in [0.25, 0.3) is 5.91 Å². The highest BCUT2D eigenvalue weighted by Gasteiger charge is 2.42. The molecule has 5 nitrogen and oxygen atoms in total. The summed E-state index contributed by atoms with van der Waals surface area (Å²) < 4.78 is 19.3. The molecule has 2 heterocycles. The van der Waals surface area contributed by atoms with Gasteiger partial charge in [0.2, 0.25) is 5.91 Å². The summed E-state index contributed by atoms with van der Waals surface area (Å²) in [4.78, 5) is 28.3. The normalized spacial score (nSPS) is 28.1. The fraction of sp³-hybridized carbons (Fsp3) is 0.556. The smallest absolute Gasteiger partial charge is 0.254 e. The average molecular weight is 334 g/mol. The van der Waals surface area contributed by atoms with Gasteiger partial charge >= 0.3 is 0 Å². The van der Waals surface area contributed by atoms with Crippen LogP contribution < -0.4 is 0 Å². The minimum atomic E-state index is -0.792. The van der Waals surface area contributed by atoms with Crippen molar-refractivity contribution >= 4 is 11.8 Å². The van der Waals surface area contributed by atoms with E-state index in [1.807, 2.05) is 4.90 Å². The monoisotopic (exact) mass is 334 g/mol. The molecule has 0 aliphatic carbocycles. The van der Waals surface area contributed by atoms with Crippen LogP contribution in [0.3, 0.4) is 0 Å². The molecule has 0 unspecified atom stereocenters. The van der Waals surface area contributed by atoms with Gasteiger partial charge in [-0.25, -0.2) is 4.39 Å². The van der Waals surface area contributed by atoms with E-state index in [1.54, 1.807) is 19.2 Å². The molecule has 0 bridgehead atoms. The molecular weight excluding hydrogens is 311 g/mol. The van der Waals surface area contributed by atoms with Gasteiger partial charge in [-0.05, 0) is 36.5 Å². The quantitative estimate of drug-likeness (QED) is 0.831. The number of morpholine rings is 1. The molecule has 2 saturated heterocycles. The number of benzene rings is 1. The molecule has 1 aromatic rings. The summed E-state index contributed by atoms with van der Waals surface area (Å²) in [5.74, 6) is -0.259. The van der Waals surface area contributed by atoms with Crippen molar-refractivity contribution in [1.82, 2.24) is 9.80 Å². The molecule has 0 aromatic heterocycles. The lowest BCUT2D eigenvalue weighted by molar-refractivity contribution is -0.168. The van der Waals surface area contributed by atoms with Crippen LogP contribution in [-0.2, 0) is 14.3 Å². The van der Waals surface area contributed by atoms with Gasteiger partial charge in [-0.1, -0.05) is 19.1 Å². The molecule has 24 heavy (non-hydrogen) atoms. The lowest BCUT2D eigenvalue weighted by Crippen LogP contribution is -2.55. The van der Waals surface area contributed by atoms with Crippen LogP contribution in [0.2, 0.25) is 0 Å². The van der Waals surface area contributed by atoms with Crippen LogP contribution in [0.25, 0.3) is 0 Å². The fourth-order valence-corrected chi connectivity index (χ4v) is 3.58. The third-order valence-electron chi connectivity index (χ3n) is 4.89. The van der Waals surface area contributed by atoms with Crippen LogP contribution in [0.4, 0.5) is 4.39 Å². The van der Waals surface area contributed by atoms with E-state index in [2.05, 4.69) is 6.92 Å². The SMILES string of the molecule is C[C@@H]1CCCN(C(=O)[C@H]2OCC(=O)N(C)[C@H]2c2cccc(F)c2)C1. The van der Waals surface area contributed by atoms with E-state index >= 15 is 0 Å². The average Bonchev–Trinajstić information content (AvgIpc) is 2.56. The molecule has 2 aliphatic rings. The Morgan fingerprint density at radius 1 is 1.38 bits per heavy atom. The van der Waals surface area contributed by atoms with Crippen molar-refractivity contribution in [2.45, 2.75) is 31.9 Å². The number of piperidine rings is 1. The van der Waals surface area contributed by atoms with E-state index < -0.39 is 18.0 Å². The Kier molecular flexibility index (Phi) is 4.85. The molecule has 2 amide bonds. The Morgan fingerprint density at radius 2 is 2.17 bits per heavy atom. The second-order valence-corrected chi connectivity index (χ2v) is 6.77.